The van der Waals surface area contributed by atoms with Gasteiger partial charge in [-0.25, -0.2) is 0 Å². The molecule has 2 aromatic rings. The predicted molar refractivity (Wildman–Crippen MR) is 96.3 cm³/mol. The molecule has 0 bridgehead atoms. The van der Waals surface area contributed by atoms with Crippen LogP contribution >= 0.6 is 7.60 Å². The summed E-state index contributed by atoms with van der Waals surface area (Å²) in [6, 6.07) is 11.7. The van der Waals surface area contributed by atoms with Crippen molar-refractivity contribution in [3.8, 4) is 0 Å². The van der Waals surface area contributed by atoms with Gasteiger partial charge in [0, 0.05) is 22.2 Å². The average Bonchev–Trinajstić information content (AvgIpc) is 2.53. The fraction of sp³-hybridized carbons (Fsp3) is 0.222. The summed E-state index contributed by atoms with van der Waals surface area (Å²) in [6.07, 6.45) is 0. The zero-order chi connectivity index (χ0) is 18.8. The number of hydrogen-bond acceptors (Lipinski definition) is 3. The minimum atomic E-state index is -4.30. The number of carbonyl (C=O) groups is 2. The van der Waals surface area contributed by atoms with Gasteiger partial charge in [-0.2, -0.15) is 0 Å². The molecule has 0 heterocycles. The molecular formula is C18H20NO5P. The van der Waals surface area contributed by atoms with E-state index in [0.717, 1.165) is 0 Å². The SMILES string of the molecule is CC(C)(C)C(=O)c1ccc(C(=O)Nc2ccc(P(=O)(O)O)cc2)cc1. The molecule has 132 valence electrons. The molecule has 0 unspecified atom stereocenters. The molecule has 6 nitrogen and oxygen atoms in total. The largest absolute Gasteiger partial charge is 0.356 e. The molecule has 2 rings (SSSR count). The molecule has 0 radical (unpaired) electrons. The van der Waals surface area contributed by atoms with E-state index >= 15 is 0 Å². The van der Waals surface area contributed by atoms with Crippen molar-refractivity contribution in [2.45, 2.75) is 20.8 Å². The Bertz CT molecular complexity index is 829. The summed E-state index contributed by atoms with van der Waals surface area (Å²) < 4.78 is 11.1. The Labute approximate surface area is 146 Å². The van der Waals surface area contributed by atoms with E-state index in [9.17, 15) is 14.2 Å². The molecule has 0 saturated carbocycles. The number of anilines is 1. The van der Waals surface area contributed by atoms with Crippen LogP contribution in [0.5, 0.6) is 0 Å². The summed E-state index contributed by atoms with van der Waals surface area (Å²) in [4.78, 5) is 42.5. The summed E-state index contributed by atoms with van der Waals surface area (Å²) in [5, 5.41) is 2.52. The average molecular weight is 361 g/mol. The minimum Gasteiger partial charge on any atom is -0.322 e. The summed E-state index contributed by atoms with van der Waals surface area (Å²) in [6.45, 7) is 5.49. The van der Waals surface area contributed by atoms with E-state index < -0.39 is 13.0 Å². The lowest BCUT2D eigenvalue weighted by atomic mass is 9.86. The second kappa shape index (κ2) is 6.92. The zero-order valence-electron chi connectivity index (χ0n) is 14.2. The molecule has 7 heteroatoms. The van der Waals surface area contributed by atoms with Crippen molar-refractivity contribution in [2.24, 2.45) is 5.41 Å². The molecule has 0 saturated heterocycles. The Morgan fingerprint density at radius 2 is 1.36 bits per heavy atom. The van der Waals surface area contributed by atoms with Crippen molar-refractivity contribution in [2.75, 3.05) is 5.32 Å². The van der Waals surface area contributed by atoms with Gasteiger partial charge in [-0.1, -0.05) is 32.9 Å². The second-order valence-electron chi connectivity index (χ2n) is 6.70. The minimum absolute atomic E-state index is 0.00696. The quantitative estimate of drug-likeness (QED) is 0.574. The van der Waals surface area contributed by atoms with Gasteiger partial charge in [0.05, 0.1) is 5.30 Å². The first-order valence-corrected chi connectivity index (χ1v) is 9.22. The molecule has 3 N–H and O–H groups in total. The third kappa shape index (κ3) is 4.86. The molecule has 0 atom stereocenters. The maximum absolute atomic E-state index is 12.2. The maximum atomic E-state index is 12.2. The van der Waals surface area contributed by atoms with E-state index in [-0.39, 0.29) is 17.0 Å². The number of hydrogen-bond donors (Lipinski definition) is 3. The second-order valence-corrected chi connectivity index (χ2v) is 8.31. The third-order valence-electron chi connectivity index (χ3n) is 3.55. The number of nitrogens with one attached hydrogen (secondary N) is 1. The van der Waals surface area contributed by atoms with E-state index in [4.69, 9.17) is 9.79 Å². The van der Waals surface area contributed by atoms with Crippen LogP contribution in [0.15, 0.2) is 48.5 Å². The van der Waals surface area contributed by atoms with E-state index in [2.05, 4.69) is 5.32 Å². The Morgan fingerprint density at radius 1 is 0.880 bits per heavy atom. The smallest absolute Gasteiger partial charge is 0.322 e. The lowest BCUT2D eigenvalue weighted by Gasteiger charge is -2.16. The topological polar surface area (TPSA) is 104 Å². The van der Waals surface area contributed by atoms with Crippen LogP contribution < -0.4 is 10.6 Å². The molecule has 0 spiro atoms. The van der Waals surface area contributed by atoms with Gasteiger partial charge in [0.2, 0.25) is 0 Å². The first-order valence-electron chi connectivity index (χ1n) is 7.61. The number of carbonyl (C=O) groups excluding carboxylic acids is 2. The van der Waals surface area contributed by atoms with E-state index in [1.807, 2.05) is 20.8 Å². The van der Waals surface area contributed by atoms with Crippen molar-refractivity contribution in [3.05, 3.63) is 59.7 Å². The number of amides is 1. The third-order valence-corrected chi connectivity index (χ3v) is 4.52. The van der Waals surface area contributed by atoms with Gasteiger partial charge in [-0.05, 0) is 36.4 Å². The molecule has 0 aromatic heterocycles. The number of ketones is 1. The summed E-state index contributed by atoms with van der Waals surface area (Å²) in [5.41, 5.74) is 0.835. The Morgan fingerprint density at radius 3 is 1.80 bits per heavy atom. The highest BCUT2D eigenvalue weighted by molar-refractivity contribution is 7.60. The maximum Gasteiger partial charge on any atom is 0.356 e. The zero-order valence-corrected chi connectivity index (χ0v) is 15.1. The summed E-state index contributed by atoms with van der Waals surface area (Å²) in [7, 11) is -4.30. The Kier molecular flexibility index (Phi) is 5.28. The van der Waals surface area contributed by atoms with E-state index in [1.54, 1.807) is 24.3 Å². The van der Waals surface area contributed by atoms with Gasteiger partial charge < -0.3 is 15.1 Å². The van der Waals surface area contributed by atoms with E-state index in [0.29, 0.717) is 16.8 Å². The van der Waals surface area contributed by atoms with Crippen LogP contribution in [0.25, 0.3) is 0 Å². The van der Waals surface area contributed by atoms with Crippen LogP contribution in [-0.4, -0.2) is 21.5 Å². The van der Waals surface area contributed by atoms with Crippen molar-refractivity contribution in [3.63, 3.8) is 0 Å². The van der Waals surface area contributed by atoms with Crippen LogP contribution in [0, 0.1) is 5.41 Å². The first-order chi connectivity index (χ1) is 11.5. The molecule has 25 heavy (non-hydrogen) atoms. The van der Waals surface area contributed by atoms with Crippen molar-refractivity contribution in [1.29, 1.82) is 0 Å². The molecule has 0 aliphatic rings. The highest BCUT2D eigenvalue weighted by atomic mass is 31.2. The predicted octanol–water partition coefficient (Wildman–Crippen LogP) is 2.97. The van der Waals surface area contributed by atoms with Crippen molar-refractivity contribution in [1.82, 2.24) is 0 Å². The molecule has 0 fully saturated rings. The van der Waals surface area contributed by atoms with Crippen molar-refractivity contribution < 1.29 is 23.9 Å². The van der Waals surface area contributed by atoms with Gasteiger partial charge in [0.1, 0.15) is 0 Å². The highest BCUT2D eigenvalue weighted by Crippen LogP contribution is 2.33. The van der Waals surface area contributed by atoms with E-state index in [1.165, 1.54) is 24.3 Å². The Balaban J connectivity index is 2.11. The van der Waals surface area contributed by atoms with Gasteiger partial charge in [-0.15, -0.1) is 0 Å². The van der Waals surface area contributed by atoms with Gasteiger partial charge >= 0.3 is 7.60 Å². The van der Waals surface area contributed by atoms with Crippen LogP contribution in [0.3, 0.4) is 0 Å². The van der Waals surface area contributed by atoms with Crippen LogP contribution in [0.1, 0.15) is 41.5 Å². The Hall–Kier alpha value is -2.27. The summed E-state index contributed by atoms with van der Waals surface area (Å²) in [5.74, 6) is -0.383. The van der Waals surface area contributed by atoms with Crippen LogP contribution in [0.2, 0.25) is 0 Å². The highest BCUT2D eigenvalue weighted by Gasteiger charge is 2.23. The van der Waals surface area contributed by atoms with Gasteiger partial charge in [-0.3, -0.25) is 14.2 Å². The lowest BCUT2D eigenvalue weighted by Crippen LogP contribution is -2.20. The van der Waals surface area contributed by atoms with Crippen LogP contribution in [0.4, 0.5) is 5.69 Å². The number of benzene rings is 2. The monoisotopic (exact) mass is 361 g/mol. The summed E-state index contributed by atoms with van der Waals surface area (Å²) >= 11 is 0. The van der Waals surface area contributed by atoms with Gasteiger partial charge in [0.15, 0.2) is 5.78 Å². The molecule has 2 aromatic carbocycles. The number of rotatable bonds is 4. The standard InChI is InChI=1S/C18H20NO5P/c1-18(2,3)16(20)12-4-6-13(7-5-12)17(21)19-14-8-10-15(11-9-14)25(22,23)24/h4-11H,1-3H3,(H,19,21)(H2,22,23,24). The molecule has 0 aliphatic heterocycles. The fourth-order valence-electron chi connectivity index (χ4n) is 2.15. The number of Topliss-reactive ketones (excluding diaryl/α,β-unsaturated/α-hetero) is 1. The van der Waals surface area contributed by atoms with Crippen molar-refractivity contribution >= 4 is 30.3 Å². The van der Waals surface area contributed by atoms with Crippen LogP contribution in [-0.2, 0) is 4.57 Å². The lowest BCUT2D eigenvalue weighted by molar-refractivity contribution is 0.0857. The fourth-order valence-corrected chi connectivity index (χ4v) is 2.69. The van der Waals surface area contributed by atoms with Gasteiger partial charge in [0.25, 0.3) is 5.91 Å². The molecule has 1 amide bonds. The first kappa shape index (κ1) is 19.1. The molecular weight excluding hydrogens is 341 g/mol. The normalized spacial score (nSPS) is 11.9. The molecule has 0 aliphatic carbocycles.